The van der Waals surface area contributed by atoms with Crippen LogP contribution in [0.25, 0.3) is 0 Å². The highest BCUT2D eigenvalue weighted by molar-refractivity contribution is 7.98. The molecule has 0 bridgehead atoms. The molecule has 0 unspecified atom stereocenters. The SMILES string of the molecule is CSc1nc(OCCCCOC(C)=O)cc(C(F)(F)C(F)(F)C(F)(F)F)n1. The van der Waals surface area contributed by atoms with E-state index in [1.54, 1.807) is 0 Å². The van der Waals surface area contributed by atoms with Crippen LogP contribution in [0.4, 0.5) is 30.7 Å². The second-order valence-electron chi connectivity index (χ2n) is 5.12. The van der Waals surface area contributed by atoms with Crippen LogP contribution in [0.3, 0.4) is 0 Å². The molecule has 0 N–H and O–H groups in total. The van der Waals surface area contributed by atoms with E-state index in [0.717, 1.165) is 0 Å². The molecule has 5 nitrogen and oxygen atoms in total. The van der Waals surface area contributed by atoms with Crippen molar-refractivity contribution in [2.75, 3.05) is 19.5 Å². The average Bonchev–Trinajstić information content (AvgIpc) is 2.56. The third-order valence-electron chi connectivity index (χ3n) is 3.03. The van der Waals surface area contributed by atoms with Crippen molar-refractivity contribution in [2.45, 2.75) is 42.9 Å². The molecule has 0 aliphatic carbocycles. The Kier molecular flexibility index (Phi) is 7.69. The van der Waals surface area contributed by atoms with Crippen LogP contribution in [0.15, 0.2) is 11.2 Å². The lowest BCUT2D eigenvalue weighted by atomic mass is 10.1. The maximum atomic E-state index is 13.8. The maximum Gasteiger partial charge on any atom is 0.460 e. The normalized spacial score (nSPS) is 12.8. The van der Waals surface area contributed by atoms with Crippen LogP contribution in [-0.4, -0.2) is 47.5 Å². The summed E-state index contributed by atoms with van der Waals surface area (Å²) in [7, 11) is 0. The Morgan fingerprint density at radius 1 is 1.07 bits per heavy atom. The molecule has 0 aliphatic heterocycles. The van der Waals surface area contributed by atoms with Gasteiger partial charge in [0.15, 0.2) is 5.16 Å². The van der Waals surface area contributed by atoms with E-state index in [4.69, 9.17) is 4.74 Å². The van der Waals surface area contributed by atoms with Gasteiger partial charge in [-0.25, -0.2) is 4.98 Å². The molecule has 0 atom stereocenters. The van der Waals surface area contributed by atoms with Gasteiger partial charge in [-0.1, -0.05) is 11.8 Å². The molecule has 1 heterocycles. The molecule has 13 heteroatoms. The van der Waals surface area contributed by atoms with Crippen molar-refractivity contribution in [3.05, 3.63) is 11.8 Å². The number of unbranched alkanes of at least 4 members (excludes halogenated alkanes) is 1. The number of carbonyl (C=O) groups excluding carboxylic acids is 1. The highest BCUT2D eigenvalue weighted by Gasteiger charge is 2.74. The van der Waals surface area contributed by atoms with Crippen LogP contribution < -0.4 is 4.74 Å². The molecule has 0 radical (unpaired) electrons. The average molecular weight is 424 g/mol. The molecule has 27 heavy (non-hydrogen) atoms. The van der Waals surface area contributed by atoms with Gasteiger partial charge in [-0.3, -0.25) is 4.79 Å². The van der Waals surface area contributed by atoms with E-state index >= 15 is 0 Å². The summed E-state index contributed by atoms with van der Waals surface area (Å²) < 4.78 is 101. The van der Waals surface area contributed by atoms with Gasteiger partial charge < -0.3 is 9.47 Å². The van der Waals surface area contributed by atoms with Crippen LogP contribution >= 0.6 is 11.8 Å². The van der Waals surface area contributed by atoms with Crippen molar-refractivity contribution < 1.29 is 45.0 Å². The molecule has 1 rings (SSSR count). The molecule has 154 valence electrons. The van der Waals surface area contributed by atoms with Gasteiger partial charge in [0.05, 0.1) is 13.2 Å². The lowest BCUT2D eigenvalue weighted by Crippen LogP contribution is -2.50. The number of thioether (sulfide) groups is 1. The first kappa shape index (κ1) is 23.2. The number of aromatic nitrogens is 2. The summed E-state index contributed by atoms with van der Waals surface area (Å²) in [5.41, 5.74) is -1.81. The molecule has 0 aliphatic rings. The number of esters is 1. The van der Waals surface area contributed by atoms with Crippen molar-refractivity contribution in [1.82, 2.24) is 9.97 Å². The van der Waals surface area contributed by atoms with E-state index in [-0.39, 0.29) is 25.7 Å². The number of ether oxygens (including phenoxy) is 2. The topological polar surface area (TPSA) is 61.3 Å². The third kappa shape index (κ3) is 5.84. The highest BCUT2D eigenvalue weighted by Crippen LogP contribution is 2.51. The minimum absolute atomic E-state index is 0.0830. The number of hydrogen-bond acceptors (Lipinski definition) is 6. The van der Waals surface area contributed by atoms with Gasteiger partial charge in [0, 0.05) is 13.0 Å². The summed E-state index contributed by atoms with van der Waals surface area (Å²) in [4.78, 5) is 17.3. The first-order chi connectivity index (χ1) is 12.3. The minimum atomic E-state index is -6.47. The van der Waals surface area contributed by atoms with Crippen molar-refractivity contribution in [1.29, 1.82) is 0 Å². The van der Waals surface area contributed by atoms with Gasteiger partial charge in [0.2, 0.25) is 5.88 Å². The minimum Gasteiger partial charge on any atom is -0.478 e. The standard InChI is InChI=1S/C14H15F7N2O3S/c1-8(24)25-5-3-4-6-26-10-7-9(22-11(23-10)27-2)12(15,16)13(17,18)14(19,20)21/h7H,3-6H2,1-2H3. The molecular formula is C14H15F7N2O3S. The number of rotatable bonds is 9. The second-order valence-corrected chi connectivity index (χ2v) is 5.89. The Bertz CT molecular complexity index is 656. The van der Waals surface area contributed by atoms with E-state index in [2.05, 4.69) is 14.7 Å². The predicted octanol–water partition coefficient (Wildman–Crippen LogP) is 4.21. The lowest BCUT2D eigenvalue weighted by molar-refractivity contribution is -0.360. The number of nitrogens with zero attached hydrogens (tertiary/aromatic N) is 2. The smallest absolute Gasteiger partial charge is 0.460 e. The summed E-state index contributed by atoms with van der Waals surface area (Å²) >= 11 is 0.663. The van der Waals surface area contributed by atoms with Crippen LogP contribution in [0, 0.1) is 0 Å². The van der Waals surface area contributed by atoms with E-state index in [9.17, 15) is 35.5 Å². The zero-order chi connectivity index (χ0) is 20.9. The van der Waals surface area contributed by atoms with Crippen molar-refractivity contribution >= 4 is 17.7 Å². The first-order valence-corrected chi connectivity index (χ1v) is 8.57. The fourth-order valence-corrected chi connectivity index (χ4v) is 2.04. The van der Waals surface area contributed by atoms with Gasteiger partial charge >= 0.3 is 24.0 Å². The van der Waals surface area contributed by atoms with Crippen LogP contribution in [0.1, 0.15) is 25.5 Å². The monoisotopic (exact) mass is 424 g/mol. The van der Waals surface area contributed by atoms with Gasteiger partial charge in [0.25, 0.3) is 0 Å². The largest absolute Gasteiger partial charge is 0.478 e. The van der Waals surface area contributed by atoms with Gasteiger partial charge in [-0.05, 0) is 19.1 Å². The Morgan fingerprint density at radius 2 is 1.67 bits per heavy atom. The maximum absolute atomic E-state index is 13.8. The van der Waals surface area contributed by atoms with Gasteiger partial charge in [-0.2, -0.15) is 35.7 Å². The predicted molar refractivity (Wildman–Crippen MR) is 80.1 cm³/mol. The third-order valence-corrected chi connectivity index (χ3v) is 3.58. The molecule has 0 amide bonds. The first-order valence-electron chi connectivity index (χ1n) is 7.35. The molecule has 0 saturated heterocycles. The Morgan fingerprint density at radius 3 is 2.19 bits per heavy atom. The Hall–Kier alpha value is -1.79. The van der Waals surface area contributed by atoms with Gasteiger partial charge in [-0.15, -0.1) is 0 Å². The molecule has 0 saturated carbocycles. The number of hydrogen-bond donors (Lipinski definition) is 0. The van der Waals surface area contributed by atoms with Crippen LogP contribution in [0.5, 0.6) is 5.88 Å². The van der Waals surface area contributed by atoms with E-state index in [1.807, 2.05) is 0 Å². The van der Waals surface area contributed by atoms with E-state index < -0.39 is 40.7 Å². The second kappa shape index (κ2) is 8.93. The zero-order valence-electron chi connectivity index (χ0n) is 14.1. The molecule has 0 spiro atoms. The fourth-order valence-electron chi connectivity index (χ4n) is 1.67. The van der Waals surface area contributed by atoms with Crippen LogP contribution in [-0.2, 0) is 15.5 Å². The zero-order valence-corrected chi connectivity index (χ0v) is 14.9. The lowest BCUT2D eigenvalue weighted by Gasteiger charge is -2.27. The highest BCUT2D eigenvalue weighted by atomic mass is 32.2. The van der Waals surface area contributed by atoms with E-state index in [1.165, 1.54) is 13.2 Å². The molecule has 0 fully saturated rings. The molecular weight excluding hydrogens is 409 g/mol. The Labute approximate surface area is 153 Å². The molecule has 1 aromatic rings. The molecule has 1 aromatic heterocycles. The van der Waals surface area contributed by atoms with Crippen molar-refractivity contribution in [2.24, 2.45) is 0 Å². The Balaban J connectivity index is 2.94. The number of halogens is 7. The summed E-state index contributed by atoms with van der Waals surface area (Å²) in [6, 6.07) is 0.242. The summed E-state index contributed by atoms with van der Waals surface area (Å²) in [5, 5.41) is -0.458. The van der Waals surface area contributed by atoms with Crippen LogP contribution in [0.2, 0.25) is 0 Å². The van der Waals surface area contributed by atoms with Crippen molar-refractivity contribution in [3.63, 3.8) is 0 Å². The summed E-state index contributed by atoms with van der Waals surface area (Å²) in [5.74, 6) is -13.0. The summed E-state index contributed by atoms with van der Waals surface area (Å²) in [6.45, 7) is 1.17. The number of alkyl halides is 7. The number of carbonyl (C=O) groups is 1. The fraction of sp³-hybridized carbons (Fsp3) is 0.643. The summed E-state index contributed by atoms with van der Waals surface area (Å²) in [6.07, 6.45) is -4.51. The quantitative estimate of drug-likeness (QED) is 0.195. The van der Waals surface area contributed by atoms with Gasteiger partial charge in [0.1, 0.15) is 5.69 Å². The van der Waals surface area contributed by atoms with E-state index in [0.29, 0.717) is 18.2 Å². The molecule has 0 aromatic carbocycles. The van der Waals surface area contributed by atoms with Crippen molar-refractivity contribution in [3.8, 4) is 5.88 Å².